The van der Waals surface area contributed by atoms with Gasteiger partial charge in [-0.25, -0.2) is 19.2 Å². The second-order valence-corrected chi connectivity index (χ2v) is 6.23. The Morgan fingerprint density at radius 2 is 1.68 bits per heavy atom. The summed E-state index contributed by atoms with van der Waals surface area (Å²) in [7, 11) is 0. The average Bonchev–Trinajstić information content (AvgIpc) is 3.07. The number of hydrogen-bond donors (Lipinski definition) is 1. The van der Waals surface area contributed by atoms with Crippen LogP contribution in [-0.2, 0) is 23.8 Å². The molecule has 3 rings (SSSR count). The Morgan fingerprint density at radius 3 is 2.29 bits per heavy atom. The standard InChI is InChI=1S/C21H21N3O7/c1-4-29-19(26)13(20(27)30-5-2)11-15-17-22-12-14(21(28)31-6-3)18(25)24(17)16-9-7-8-10-23(15)16/h7-12H,4-6H2,1-3H3/p+1. The monoisotopic (exact) mass is 428 g/mol. The Labute approximate surface area is 176 Å². The fourth-order valence-electron chi connectivity index (χ4n) is 3.08. The summed E-state index contributed by atoms with van der Waals surface area (Å²) in [5, 5.41) is 0. The third-order valence-electron chi connectivity index (χ3n) is 4.35. The van der Waals surface area contributed by atoms with Crippen molar-refractivity contribution >= 4 is 35.3 Å². The molecule has 3 aromatic rings. The second kappa shape index (κ2) is 9.24. The van der Waals surface area contributed by atoms with Crippen molar-refractivity contribution in [1.82, 2.24) is 9.38 Å². The summed E-state index contributed by atoms with van der Waals surface area (Å²) in [5.74, 6) is -2.46. The highest BCUT2D eigenvalue weighted by molar-refractivity contribution is 6.17. The van der Waals surface area contributed by atoms with Gasteiger partial charge in [-0.2, -0.15) is 4.40 Å². The fraction of sp³-hybridized carbons (Fsp3) is 0.286. The van der Waals surface area contributed by atoms with Gasteiger partial charge in [0.25, 0.3) is 11.3 Å². The van der Waals surface area contributed by atoms with Crippen LogP contribution < -0.4 is 9.96 Å². The number of imidazole rings is 1. The van der Waals surface area contributed by atoms with E-state index in [4.69, 9.17) is 14.2 Å². The number of hydrogen-bond acceptors (Lipinski definition) is 7. The first kappa shape index (κ1) is 21.8. The molecule has 0 aliphatic rings. The van der Waals surface area contributed by atoms with Crippen LogP contribution >= 0.6 is 0 Å². The number of aromatic amines is 1. The van der Waals surface area contributed by atoms with Crippen LogP contribution in [0.1, 0.15) is 36.8 Å². The predicted octanol–water partition coefficient (Wildman–Crippen LogP) is 1.05. The van der Waals surface area contributed by atoms with Crippen LogP contribution in [0.5, 0.6) is 0 Å². The number of ether oxygens (including phenoxy) is 3. The van der Waals surface area contributed by atoms with Gasteiger partial charge in [-0.05, 0) is 26.8 Å². The Morgan fingerprint density at radius 1 is 1.03 bits per heavy atom. The van der Waals surface area contributed by atoms with Crippen molar-refractivity contribution in [3.05, 3.63) is 57.8 Å². The lowest BCUT2D eigenvalue weighted by atomic mass is 10.2. The predicted molar refractivity (Wildman–Crippen MR) is 108 cm³/mol. The quantitative estimate of drug-likeness (QED) is 0.149. The number of fused-ring (bicyclic) bond motifs is 3. The van der Waals surface area contributed by atoms with E-state index in [0.717, 1.165) is 0 Å². The number of nitrogens with zero attached hydrogens (tertiary/aromatic N) is 2. The van der Waals surface area contributed by atoms with Gasteiger partial charge < -0.3 is 19.2 Å². The van der Waals surface area contributed by atoms with E-state index in [1.807, 2.05) is 0 Å². The van der Waals surface area contributed by atoms with Crippen LogP contribution in [0, 0.1) is 0 Å². The molecule has 1 N–H and O–H groups in total. The van der Waals surface area contributed by atoms with Gasteiger partial charge in [0.1, 0.15) is 5.57 Å². The Bertz CT molecular complexity index is 1230. The van der Waals surface area contributed by atoms with Gasteiger partial charge in [-0.15, -0.1) is 4.40 Å². The van der Waals surface area contributed by atoms with Gasteiger partial charge in [0.05, 0.1) is 26.0 Å². The number of carbonyl (C=O) groups is 3. The summed E-state index contributed by atoms with van der Waals surface area (Å²) in [6, 6.07) is 5.08. The zero-order chi connectivity index (χ0) is 22.5. The average molecular weight is 428 g/mol. The topological polar surface area (TPSA) is 120 Å². The zero-order valence-corrected chi connectivity index (χ0v) is 17.3. The maximum Gasteiger partial charge on any atom is 0.356 e. The first-order chi connectivity index (χ1) is 14.9. The Kier molecular flexibility index (Phi) is 6.49. The molecule has 0 amide bonds. The van der Waals surface area contributed by atoms with E-state index in [9.17, 15) is 19.2 Å². The van der Waals surface area contributed by atoms with Crippen LogP contribution in [0.15, 0.2) is 41.0 Å². The van der Waals surface area contributed by atoms with E-state index in [2.05, 4.69) is 4.98 Å². The molecule has 0 spiro atoms. The smallest absolute Gasteiger partial charge is 0.356 e. The molecule has 10 heteroatoms. The Hall–Kier alpha value is -3.95. The van der Waals surface area contributed by atoms with Crippen molar-refractivity contribution in [2.24, 2.45) is 0 Å². The van der Waals surface area contributed by atoms with E-state index < -0.39 is 23.5 Å². The third kappa shape index (κ3) is 4.04. The summed E-state index contributed by atoms with van der Waals surface area (Å²) in [6.45, 7) is 5.13. The lowest BCUT2D eigenvalue weighted by molar-refractivity contribution is -0.511. The molecule has 0 atom stereocenters. The normalized spacial score (nSPS) is 10.7. The van der Waals surface area contributed by atoms with Crippen LogP contribution in [0.2, 0.25) is 0 Å². The molecule has 162 valence electrons. The number of carbonyl (C=O) groups excluding carboxylic acids is 3. The molecule has 0 fully saturated rings. The second-order valence-electron chi connectivity index (χ2n) is 6.23. The fourth-order valence-corrected chi connectivity index (χ4v) is 3.08. The van der Waals surface area contributed by atoms with Gasteiger partial charge in [0.2, 0.25) is 0 Å². The van der Waals surface area contributed by atoms with Gasteiger partial charge in [0, 0.05) is 18.3 Å². The van der Waals surface area contributed by atoms with Crippen LogP contribution in [-0.4, -0.2) is 47.1 Å². The molecule has 0 aliphatic carbocycles. The Balaban J connectivity index is 2.33. The van der Waals surface area contributed by atoms with E-state index in [0.29, 0.717) is 11.3 Å². The number of pyridine rings is 1. The van der Waals surface area contributed by atoms with E-state index in [-0.39, 0.29) is 36.6 Å². The number of nitrogens with one attached hydrogen (secondary N) is 1. The van der Waals surface area contributed by atoms with Gasteiger partial charge >= 0.3 is 23.5 Å². The summed E-state index contributed by atoms with van der Waals surface area (Å²) in [5.41, 5.74) is -0.130. The lowest BCUT2D eigenvalue weighted by Gasteiger charge is -2.05. The molecular formula is C21H22N3O7+. The molecule has 3 aromatic heterocycles. The summed E-state index contributed by atoms with van der Waals surface area (Å²) >= 11 is 0. The van der Waals surface area contributed by atoms with Crippen molar-refractivity contribution in [3.8, 4) is 0 Å². The minimum absolute atomic E-state index is 0.0692. The van der Waals surface area contributed by atoms with Crippen molar-refractivity contribution in [1.29, 1.82) is 0 Å². The van der Waals surface area contributed by atoms with Crippen LogP contribution in [0.4, 0.5) is 0 Å². The molecule has 0 saturated heterocycles. The van der Waals surface area contributed by atoms with Gasteiger partial charge in [-0.3, -0.25) is 0 Å². The van der Waals surface area contributed by atoms with Gasteiger partial charge in [-0.1, -0.05) is 6.07 Å². The van der Waals surface area contributed by atoms with E-state index in [1.165, 1.54) is 16.7 Å². The molecule has 3 heterocycles. The molecule has 31 heavy (non-hydrogen) atoms. The SMILES string of the molecule is CCOC(=O)C(=Cc1c2[nH]cc(C(=O)OCC)c(=O)n2c2cccc[n+]12)C(=O)OCC. The highest BCUT2D eigenvalue weighted by atomic mass is 16.6. The van der Waals surface area contributed by atoms with E-state index >= 15 is 0 Å². The first-order valence-corrected chi connectivity index (χ1v) is 9.74. The summed E-state index contributed by atoms with van der Waals surface area (Å²) in [6.07, 6.45) is 4.18. The molecular weight excluding hydrogens is 406 g/mol. The van der Waals surface area contributed by atoms with Gasteiger partial charge in [0.15, 0.2) is 11.3 Å². The van der Waals surface area contributed by atoms with Crippen molar-refractivity contribution in [3.63, 3.8) is 0 Å². The highest BCUT2D eigenvalue weighted by Gasteiger charge is 2.29. The third-order valence-corrected chi connectivity index (χ3v) is 4.35. The summed E-state index contributed by atoms with van der Waals surface area (Å²) in [4.78, 5) is 52.9. The molecule has 0 saturated carbocycles. The van der Waals surface area contributed by atoms with Crippen LogP contribution in [0.25, 0.3) is 17.4 Å². The maximum atomic E-state index is 13.1. The lowest BCUT2D eigenvalue weighted by Crippen LogP contribution is -2.26. The minimum atomic E-state index is -0.851. The molecule has 0 unspecified atom stereocenters. The molecule has 0 bridgehead atoms. The van der Waals surface area contributed by atoms with Crippen molar-refractivity contribution in [2.75, 3.05) is 19.8 Å². The molecule has 0 aliphatic heterocycles. The van der Waals surface area contributed by atoms with Crippen LogP contribution in [0.3, 0.4) is 0 Å². The number of aromatic nitrogens is 3. The van der Waals surface area contributed by atoms with Crippen molar-refractivity contribution in [2.45, 2.75) is 20.8 Å². The number of esters is 3. The molecule has 0 aromatic carbocycles. The minimum Gasteiger partial charge on any atom is -0.462 e. The maximum absolute atomic E-state index is 13.1. The zero-order valence-electron chi connectivity index (χ0n) is 17.3. The molecule has 10 nitrogen and oxygen atoms in total. The first-order valence-electron chi connectivity index (χ1n) is 9.74. The molecule has 0 radical (unpaired) electrons. The van der Waals surface area contributed by atoms with E-state index in [1.54, 1.807) is 49.6 Å². The largest absolute Gasteiger partial charge is 0.462 e. The van der Waals surface area contributed by atoms with Crippen molar-refractivity contribution < 1.29 is 33.0 Å². The number of rotatable bonds is 7. The number of H-pyrrole nitrogens is 1. The highest BCUT2D eigenvalue weighted by Crippen LogP contribution is 2.15. The summed E-state index contributed by atoms with van der Waals surface area (Å²) < 4.78 is 17.8.